The summed E-state index contributed by atoms with van der Waals surface area (Å²) in [5.41, 5.74) is 1.73. The number of amides is 1. The third-order valence-electron chi connectivity index (χ3n) is 4.35. The second-order valence-corrected chi connectivity index (χ2v) is 8.13. The Morgan fingerprint density at radius 3 is 2.83 bits per heavy atom. The first-order valence-electron chi connectivity index (χ1n) is 9.18. The van der Waals surface area contributed by atoms with E-state index in [9.17, 15) is 4.79 Å². The van der Waals surface area contributed by atoms with E-state index in [4.69, 9.17) is 4.74 Å². The van der Waals surface area contributed by atoms with Gasteiger partial charge in [0.25, 0.3) is 0 Å². The summed E-state index contributed by atoms with van der Waals surface area (Å²) in [4.78, 5) is 12.4. The van der Waals surface area contributed by atoms with Crippen molar-refractivity contribution in [2.24, 2.45) is 7.05 Å². The predicted octanol–water partition coefficient (Wildman–Crippen LogP) is 4.83. The second kappa shape index (κ2) is 8.67. The minimum absolute atomic E-state index is 0.118. The van der Waals surface area contributed by atoms with Gasteiger partial charge in [0.2, 0.25) is 5.91 Å². The summed E-state index contributed by atoms with van der Waals surface area (Å²) in [6, 6.07) is 15.7. The molecule has 4 aromatic rings. The Morgan fingerprint density at radius 1 is 1.17 bits per heavy atom. The number of anilines is 1. The zero-order valence-electron chi connectivity index (χ0n) is 16.1. The van der Waals surface area contributed by atoms with Gasteiger partial charge in [-0.15, -0.1) is 21.5 Å². The van der Waals surface area contributed by atoms with E-state index in [-0.39, 0.29) is 11.7 Å². The van der Waals surface area contributed by atoms with Crippen molar-refractivity contribution < 1.29 is 9.53 Å². The predicted molar refractivity (Wildman–Crippen MR) is 119 cm³/mol. The van der Waals surface area contributed by atoms with Crippen LogP contribution >= 0.6 is 23.1 Å². The summed E-state index contributed by atoms with van der Waals surface area (Å²) in [6.45, 7) is 2.46. The lowest BCUT2D eigenvalue weighted by Crippen LogP contribution is -2.15. The lowest BCUT2D eigenvalue weighted by atomic mass is 10.2. The average molecular weight is 425 g/mol. The summed E-state index contributed by atoms with van der Waals surface area (Å²) in [5, 5.41) is 15.5. The number of thiophene rings is 1. The first kappa shape index (κ1) is 19.5. The van der Waals surface area contributed by atoms with Crippen LogP contribution in [-0.4, -0.2) is 33.0 Å². The zero-order valence-corrected chi connectivity index (χ0v) is 17.7. The fourth-order valence-electron chi connectivity index (χ4n) is 2.99. The third kappa shape index (κ3) is 4.13. The maximum Gasteiger partial charge on any atom is 0.234 e. The largest absolute Gasteiger partial charge is 0.492 e. The van der Waals surface area contributed by atoms with Crippen molar-refractivity contribution in [3.63, 3.8) is 0 Å². The molecule has 6 nitrogen and oxygen atoms in total. The van der Waals surface area contributed by atoms with Crippen molar-refractivity contribution >= 4 is 44.8 Å². The van der Waals surface area contributed by atoms with Crippen LogP contribution in [0.1, 0.15) is 6.92 Å². The normalized spacial score (nSPS) is 11.0. The van der Waals surface area contributed by atoms with E-state index in [1.54, 1.807) is 11.3 Å². The summed E-state index contributed by atoms with van der Waals surface area (Å²) in [6.07, 6.45) is 0. The zero-order chi connectivity index (χ0) is 20.2. The van der Waals surface area contributed by atoms with Crippen LogP contribution < -0.4 is 10.1 Å². The highest BCUT2D eigenvalue weighted by Crippen LogP contribution is 2.34. The third-order valence-corrected chi connectivity index (χ3v) is 6.33. The molecule has 8 heteroatoms. The van der Waals surface area contributed by atoms with Gasteiger partial charge in [0.1, 0.15) is 5.75 Å². The van der Waals surface area contributed by atoms with E-state index in [0.717, 1.165) is 16.8 Å². The van der Waals surface area contributed by atoms with Crippen LogP contribution in [0, 0.1) is 0 Å². The van der Waals surface area contributed by atoms with Gasteiger partial charge >= 0.3 is 0 Å². The molecule has 4 rings (SSSR count). The minimum atomic E-state index is -0.118. The van der Waals surface area contributed by atoms with Gasteiger partial charge in [-0.05, 0) is 25.1 Å². The number of hydrogen-bond donors (Lipinski definition) is 1. The maximum absolute atomic E-state index is 12.4. The molecule has 0 bridgehead atoms. The number of nitrogens with one attached hydrogen (secondary N) is 1. The van der Waals surface area contributed by atoms with Crippen molar-refractivity contribution in [2.45, 2.75) is 12.1 Å². The monoisotopic (exact) mass is 424 g/mol. The van der Waals surface area contributed by atoms with Gasteiger partial charge in [-0.2, -0.15) is 0 Å². The molecule has 2 aromatic carbocycles. The first-order chi connectivity index (χ1) is 14.2. The molecule has 148 valence electrons. The number of thioether (sulfide) groups is 1. The van der Waals surface area contributed by atoms with Gasteiger partial charge in [0.15, 0.2) is 11.0 Å². The highest BCUT2D eigenvalue weighted by atomic mass is 32.2. The SMILES string of the molecule is CCOc1ccccc1NC(=O)CSc1nnc(-c2csc3ccccc23)n1C. The Bertz CT molecular complexity index is 1150. The molecule has 1 amide bonds. The van der Waals surface area contributed by atoms with Crippen molar-refractivity contribution in [3.8, 4) is 17.1 Å². The van der Waals surface area contributed by atoms with Crippen LogP contribution in [-0.2, 0) is 11.8 Å². The molecular weight excluding hydrogens is 404 g/mol. The molecule has 1 N–H and O–H groups in total. The van der Waals surface area contributed by atoms with Crippen molar-refractivity contribution in [1.29, 1.82) is 0 Å². The number of rotatable bonds is 7. The van der Waals surface area contributed by atoms with Gasteiger partial charge in [-0.3, -0.25) is 4.79 Å². The number of hydrogen-bond acceptors (Lipinski definition) is 6. The number of benzene rings is 2. The van der Waals surface area contributed by atoms with Gasteiger partial charge < -0.3 is 14.6 Å². The van der Waals surface area contributed by atoms with E-state index in [2.05, 4.69) is 33.0 Å². The van der Waals surface area contributed by atoms with Crippen LogP contribution in [0.5, 0.6) is 5.75 Å². The highest BCUT2D eigenvalue weighted by molar-refractivity contribution is 7.99. The first-order valence-corrected chi connectivity index (χ1v) is 11.0. The molecule has 2 heterocycles. The Balaban J connectivity index is 1.45. The number of para-hydroxylation sites is 2. The number of aromatic nitrogens is 3. The molecule has 0 saturated heterocycles. The smallest absolute Gasteiger partial charge is 0.234 e. The second-order valence-electron chi connectivity index (χ2n) is 6.28. The van der Waals surface area contributed by atoms with E-state index < -0.39 is 0 Å². The lowest BCUT2D eigenvalue weighted by molar-refractivity contribution is -0.113. The van der Waals surface area contributed by atoms with E-state index in [1.165, 1.54) is 16.5 Å². The molecule has 0 aliphatic carbocycles. The minimum Gasteiger partial charge on any atom is -0.492 e. The Kier molecular flexibility index (Phi) is 5.82. The number of nitrogens with zero attached hydrogens (tertiary/aromatic N) is 3. The van der Waals surface area contributed by atoms with Crippen molar-refractivity contribution in [3.05, 3.63) is 53.9 Å². The van der Waals surface area contributed by atoms with E-state index in [1.807, 2.05) is 54.9 Å². The Hall–Kier alpha value is -2.84. The summed E-state index contributed by atoms with van der Waals surface area (Å²) in [7, 11) is 1.92. The van der Waals surface area contributed by atoms with Crippen LogP contribution in [0.2, 0.25) is 0 Å². The summed E-state index contributed by atoms with van der Waals surface area (Å²) >= 11 is 3.04. The van der Waals surface area contributed by atoms with E-state index in [0.29, 0.717) is 23.2 Å². The molecule has 2 aromatic heterocycles. The van der Waals surface area contributed by atoms with Gasteiger partial charge in [0, 0.05) is 28.1 Å². The average Bonchev–Trinajstić information content (AvgIpc) is 3.31. The van der Waals surface area contributed by atoms with Crippen LogP contribution in [0.15, 0.2) is 59.1 Å². The quantitative estimate of drug-likeness (QED) is 0.431. The standard InChI is InChI=1S/C21H20N4O2S2/c1-3-27-17-10-6-5-9-16(17)22-19(26)13-29-21-24-23-20(25(21)2)15-12-28-18-11-7-4-8-14(15)18/h4-12H,3,13H2,1-2H3,(H,22,26). The number of carbonyl (C=O) groups excluding carboxylic acids is 1. The fourth-order valence-corrected chi connectivity index (χ4v) is 4.64. The molecule has 0 fully saturated rings. The van der Waals surface area contributed by atoms with Crippen LogP contribution in [0.4, 0.5) is 5.69 Å². The molecular formula is C21H20N4O2S2. The topological polar surface area (TPSA) is 69.0 Å². The van der Waals surface area contributed by atoms with Gasteiger partial charge in [-0.25, -0.2) is 0 Å². The summed E-state index contributed by atoms with van der Waals surface area (Å²) < 4.78 is 8.70. The maximum atomic E-state index is 12.4. The molecule has 0 aliphatic heterocycles. The van der Waals surface area contributed by atoms with Crippen molar-refractivity contribution in [1.82, 2.24) is 14.8 Å². The number of ether oxygens (including phenoxy) is 1. The molecule has 0 spiro atoms. The highest BCUT2D eigenvalue weighted by Gasteiger charge is 2.16. The van der Waals surface area contributed by atoms with Crippen molar-refractivity contribution in [2.75, 3.05) is 17.7 Å². The number of carbonyl (C=O) groups is 1. The lowest BCUT2D eigenvalue weighted by Gasteiger charge is -2.11. The van der Waals surface area contributed by atoms with Crippen LogP contribution in [0.3, 0.4) is 0 Å². The summed E-state index contributed by atoms with van der Waals surface area (Å²) in [5.74, 6) is 1.58. The Labute approximate surface area is 176 Å². The Morgan fingerprint density at radius 2 is 1.97 bits per heavy atom. The number of fused-ring (bicyclic) bond motifs is 1. The molecule has 0 unspecified atom stereocenters. The molecule has 0 atom stereocenters. The molecule has 0 saturated carbocycles. The fraction of sp³-hybridized carbons (Fsp3) is 0.190. The molecule has 0 radical (unpaired) electrons. The van der Waals surface area contributed by atoms with Gasteiger partial charge in [-0.1, -0.05) is 42.1 Å². The van der Waals surface area contributed by atoms with Gasteiger partial charge in [0.05, 0.1) is 18.0 Å². The van der Waals surface area contributed by atoms with Crippen LogP contribution in [0.25, 0.3) is 21.5 Å². The van der Waals surface area contributed by atoms with E-state index >= 15 is 0 Å². The molecule has 0 aliphatic rings. The molecule has 29 heavy (non-hydrogen) atoms.